The monoisotopic (exact) mass is 416 g/mol. The number of hydroxylamine groups is 1. The van der Waals surface area contributed by atoms with Crippen LogP contribution in [-0.2, 0) is 14.4 Å². The number of hydrogen-bond donors (Lipinski definition) is 1. The van der Waals surface area contributed by atoms with E-state index in [1.54, 1.807) is 12.3 Å². The van der Waals surface area contributed by atoms with Crippen molar-refractivity contribution in [3.8, 4) is 17.6 Å². The Morgan fingerprint density at radius 3 is 2.83 bits per heavy atom. The van der Waals surface area contributed by atoms with Crippen LogP contribution in [0, 0.1) is 0 Å². The van der Waals surface area contributed by atoms with Gasteiger partial charge in [-0.25, -0.2) is 4.98 Å². The molecule has 1 aliphatic heterocycles. The number of nitrogens with one attached hydrogen (secondary N) is 1. The molecule has 162 valence electrons. The fourth-order valence-electron chi connectivity index (χ4n) is 2.89. The zero-order chi connectivity index (χ0) is 21.0. The van der Waals surface area contributed by atoms with E-state index in [9.17, 15) is 0 Å². The molecule has 0 amide bonds. The topological polar surface area (TPSA) is 96.3 Å². The summed E-state index contributed by atoms with van der Waals surface area (Å²) in [4.78, 5) is 18.8. The van der Waals surface area contributed by atoms with E-state index in [2.05, 4.69) is 27.5 Å². The molecule has 9 heteroatoms. The van der Waals surface area contributed by atoms with E-state index in [-0.39, 0.29) is 6.01 Å². The SMILES string of the molecule is CCCCCCOc1ccnc(Oc2ccccc2C(NOC)C2=NOCCO2)n1. The van der Waals surface area contributed by atoms with E-state index < -0.39 is 6.04 Å². The Morgan fingerprint density at radius 2 is 2.03 bits per heavy atom. The van der Waals surface area contributed by atoms with Gasteiger partial charge in [-0.2, -0.15) is 10.5 Å². The molecule has 0 fully saturated rings. The van der Waals surface area contributed by atoms with Gasteiger partial charge in [-0.1, -0.05) is 44.4 Å². The molecule has 1 atom stereocenters. The molecule has 1 N–H and O–H groups in total. The largest absolute Gasteiger partial charge is 0.478 e. The van der Waals surface area contributed by atoms with Gasteiger partial charge in [-0.3, -0.25) is 0 Å². The number of rotatable bonds is 12. The number of nitrogens with zero attached hydrogens (tertiary/aromatic N) is 3. The summed E-state index contributed by atoms with van der Waals surface area (Å²) in [5, 5.41) is 3.99. The maximum absolute atomic E-state index is 5.96. The van der Waals surface area contributed by atoms with Crippen molar-refractivity contribution in [1.82, 2.24) is 15.4 Å². The minimum absolute atomic E-state index is 0.187. The second kappa shape index (κ2) is 11.9. The van der Waals surface area contributed by atoms with Crippen LogP contribution in [0.2, 0.25) is 0 Å². The summed E-state index contributed by atoms with van der Waals surface area (Å²) in [7, 11) is 1.52. The van der Waals surface area contributed by atoms with Gasteiger partial charge < -0.3 is 23.9 Å². The number of unbranched alkanes of at least 4 members (excludes halogenated alkanes) is 3. The zero-order valence-electron chi connectivity index (χ0n) is 17.4. The first-order chi connectivity index (χ1) is 14.8. The summed E-state index contributed by atoms with van der Waals surface area (Å²) in [5.74, 6) is 1.36. The van der Waals surface area contributed by atoms with Crippen LogP contribution in [0.1, 0.15) is 44.2 Å². The maximum Gasteiger partial charge on any atom is 0.325 e. The average molecular weight is 416 g/mol. The number of para-hydroxylation sites is 1. The molecule has 3 rings (SSSR count). The Morgan fingerprint density at radius 1 is 1.13 bits per heavy atom. The zero-order valence-corrected chi connectivity index (χ0v) is 17.4. The van der Waals surface area contributed by atoms with E-state index in [0.717, 1.165) is 18.4 Å². The summed E-state index contributed by atoms with van der Waals surface area (Å²) in [6.45, 7) is 3.61. The lowest BCUT2D eigenvalue weighted by molar-refractivity contribution is 0.0356. The van der Waals surface area contributed by atoms with E-state index in [1.807, 2.05) is 24.3 Å². The fourth-order valence-corrected chi connectivity index (χ4v) is 2.89. The number of benzene rings is 1. The molecule has 2 heterocycles. The number of oxime groups is 1. The van der Waals surface area contributed by atoms with Crippen molar-refractivity contribution in [3.63, 3.8) is 0 Å². The molecule has 30 heavy (non-hydrogen) atoms. The quantitative estimate of drug-likeness (QED) is 0.412. The first-order valence-corrected chi connectivity index (χ1v) is 10.2. The molecule has 0 saturated heterocycles. The van der Waals surface area contributed by atoms with Crippen LogP contribution in [-0.4, -0.2) is 42.8 Å². The number of hydrogen-bond acceptors (Lipinski definition) is 9. The predicted molar refractivity (Wildman–Crippen MR) is 110 cm³/mol. The van der Waals surface area contributed by atoms with Crippen molar-refractivity contribution in [2.24, 2.45) is 5.16 Å². The average Bonchev–Trinajstić information content (AvgIpc) is 2.79. The Hall–Kier alpha value is -2.91. The van der Waals surface area contributed by atoms with Crippen molar-refractivity contribution in [1.29, 1.82) is 0 Å². The van der Waals surface area contributed by atoms with Crippen molar-refractivity contribution in [2.45, 2.75) is 38.6 Å². The maximum atomic E-state index is 5.96. The van der Waals surface area contributed by atoms with Gasteiger partial charge in [0.05, 0.1) is 13.7 Å². The van der Waals surface area contributed by atoms with Crippen molar-refractivity contribution in [3.05, 3.63) is 42.1 Å². The predicted octanol–water partition coefficient (Wildman–Crippen LogP) is 3.78. The van der Waals surface area contributed by atoms with Gasteiger partial charge in [-0.05, 0) is 17.6 Å². The fraction of sp³-hybridized carbons (Fsp3) is 0.476. The lowest BCUT2D eigenvalue weighted by Gasteiger charge is -2.23. The third-order valence-corrected chi connectivity index (χ3v) is 4.35. The van der Waals surface area contributed by atoms with Gasteiger partial charge in [0.25, 0.3) is 0 Å². The van der Waals surface area contributed by atoms with Crippen molar-refractivity contribution < 1.29 is 23.9 Å². The Bertz CT molecular complexity index is 817. The summed E-state index contributed by atoms with van der Waals surface area (Å²) in [5.41, 5.74) is 3.60. The highest BCUT2D eigenvalue weighted by Crippen LogP contribution is 2.30. The van der Waals surface area contributed by atoms with Gasteiger partial charge in [0.15, 0.2) is 6.61 Å². The minimum atomic E-state index is -0.524. The molecule has 1 aromatic carbocycles. The smallest absolute Gasteiger partial charge is 0.325 e. The number of aromatic nitrogens is 2. The van der Waals surface area contributed by atoms with Crippen LogP contribution in [0.15, 0.2) is 41.7 Å². The molecule has 1 aromatic heterocycles. The Balaban J connectivity index is 1.72. The molecule has 0 bridgehead atoms. The Labute approximate surface area is 176 Å². The van der Waals surface area contributed by atoms with Crippen LogP contribution < -0.4 is 15.0 Å². The third kappa shape index (κ3) is 6.30. The summed E-state index contributed by atoms with van der Waals surface area (Å²) >= 11 is 0. The van der Waals surface area contributed by atoms with Gasteiger partial charge in [-0.15, -0.1) is 0 Å². The lowest BCUT2D eigenvalue weighted by atomic mass is 10.1. The standard InChI is InChI=1S/C21H28N4O5/c1-3-4-5-8-13-27-18-11-12-22-21(23-18)30-17-10-7-6-9-16(17)19(24-26-2)20-25-29-15-14-28-20/h6-7,9-12,19,24H,3-5,8,13-15H2,1-2H3. The molecular weight excluding hydrogens is 388 g/mol. The third-order valence-electron chi connectivity index (χ3n) is 4.35. The molecule has 0 radical (unpaired) electrons. The molecule has 0 spiro atoms. The van der Waals surface area contributed by atoms with Gasteiger partial charge in [0, 0.05) is 17.8 Å². The van der Waals surface area contributed by atoms with Crippen LogP contribution in [0.3, 0.4) is 0 Å². The first kappa shape index (κ1) is 21.8. The van der Waals surface area contributed by atoms with E-state index >= 15 is 0 Å². The first-order valence-electron chi connectivity index (χ1n) is 10.2. The molecular formula is C21H28N4O5. The van der Waals surface area contributed by atoms with E-state index in [0.29, 0.717) is 37.3 Å². The summed E-state index contributed by atoms with van der Waals surface area (Å²) < 4.78 is 17.3. The van der Waals surface area contributed by atoms with Gasteiger partial charge in [0.2, 0.25) is 11.8 Å². The van der Waals surface area contributed by atoms with E-state index in [4.69, 9.17) is 23.9 Å². The summed E-state index contributed by atoms with van der Waals surface area (Å²) in [6.07, 6.45) is 6.13. The second-order valence-corrected chi connectivity index (χ2v) is 6.59. The second-order valence-electron chi connectivity index (χ2n) is 6.59. The molecule has 0 saturated carbocycles. The molecule has 2 aromatic rings. The summed E-state index contributed by atoms with van der Waals surface area (Å²) in [6, 6.07) is 8.81. The van der Waals surface area contributed by atoms with Gasteiger partial charge >= 0.3 is 6.01 Å². The van der Waals surface area contributed by atoms with Crippen LogP contribution >= 0.6 is 0 Å². The van der Waals surface area contributed by atoms with E-state index in [1.165, 1.54) is 20.0 Å². The van der Waals surface area contributed by atoms with Crippen LogP contribution in [0.4, 0.5) is 0 Å². The van der Waals surface area contributed by atoms with Crippen molar-refractivity contribution >= 4 is 5.90 Å². The molecule has 1 aliphatic rings. The Kier molecular flexibility index (Phi) is 8.67. The van der Waals surface area contributed by atoms with Crippen molar-refractivity contribution in [2.75, 3.05) is 26.9 Å². The van der Waals surface area contributed by atoms with Crippen LogP contribution in [0.25, 0.3) is 0 Å². The van der Waals surface area contributed by atoms with Gasteiger partial charge in [0.1, 0.15) is 18.4 Å². The minimum Gasteiger partial charge on any atom is -0.478 e. The normalized spacial score (nSPS) is 14.3. The molecule has 1 unspecified atom stereocenters. The van der Waals surface area contributed by atoms with Crippen LogP contribution in [0.5, 0.6) is 17.6 Å². The lowest BCUT2D eigenvalue weighted by Crippen LogP contribution is -2.32. The highest BCUT2D eigenvalue weighted by molar-refractivity contribution is 5.83. The highest BCUT2D eigenvalue weighted by atomic mass is 16.7. The molecule has 9 nitrogen and oxygen atoms in total. The number of ether oxygens (including phenoxy) is 3. The highest BCUT2D eigenvalue weighted by Gasteiger charge is 2.26. The molecule has 0 aliphatic carbocycles.